The van der Waals surface area contributed by atoms with Gasteiger partial charge in [0.05, 0.1) is 10.6 Å². The maximum absolute atomic E-state index is 14.5. The number of rotatable bonds is 5. The number of pyridine rings is 1. The predicted molar refractivity (Wildman–Crippen MR) is 122 cm³/mol. The summed E-state index contributed by atoms with van der Waals surface area (Å²) in [5.74, 6) is -0.0419. The van der Waals surface area contributed by atoms with Crippen molar-refractivity contribution in [1.29, 1.82) is 0 Å². The molecule has 1 aliphatic rings. The highest BCUT2D eigenvalue weighted by Crippen LogP contribution is 2.32. The van der Waals surface area contributed by atoms with Crippen LogP contribution in [0.15, 0.2) is 54.7 Å². The van der Waals surface area contributed by atoms with Crippen LogP contribution < -0.4 is 5.73 Å². The first-order valence-corrected chi connectivity index (χ1v) is 10.8. The Morgan fingerprint density at radius 3 is 2.56 bits per heavy atom. The molecule has 7 nitrogen and oxygen atoms in total. The molecule has 0 saturated carbocycles. The van der Waals surface area contributed by atoms with Crippen LogP contribution in [0.2, 0.25) is 5.02 Å². The fourth-order valence-electron chi connectivity index (χ4n) is 4.01. The predicted octanol–water partition coefficient (Wildman–Crippen LogP) is 4.36. The van der Waals surface area contributed by atoms with Gasteiger partial charge in [0.1, 0.15) is 11.5 Å². The van der Waals surface area contributed by atoms with Crippen molar-refractivity contribution in [3.63, 3.8) is 0 Å². The first-order chi connectivity index (χ1) is 15.6. The van der Waals surface area contributed by atoms with E-state index in [1.807, 2.05) is 6.07 Å². The molecule has 9 heteroatoms. The van der Waals surface area contributed by atoms with E-state index < -0.39 is 5.82 Å². The van der Waals surface area contributed by atoms with E-state index in [0.717, 1.165) is 30.8 Å². The number of likely N-dealkylation sites (tertiary alicyclic amines) is 1. The molecule has 1 aliphatic heterocycles. The topological polar surface area (TPSA) is 85.8 Å². The van der Waals surface area contributed by atoms with E-state index >= 15 is 0 Å². The van der Waals surface area contributed by atoms with Crippen LogP contribution in [0.3, 0.4) is 0 Å². The Kier molecular flexibility index (Phi) is 5.55. The van der Waals surface area contributed by atoms with Crippen LogP contribution in [0.1, 0.15) is 18.4 Å². The van der Waals surface area contributed by atoms with Crippen LogP contribution in [-0.2, 0) is 6.54 Å². The number of hydrogen-bond acceptors (Lipinski definition) is 6. The molecule has 5 rings (SSSR count). The average Bonchev–Trinajstić information content (AvgIpc) is 3.47. The Labute approximate surface area is 189 Å². The molecule has 0 aliphatic carbocycles. The molecule has 32 heavy (non-hydrogen) atoms. The zero-order valence-electron chi connectivity index (χ0n) is 17.2. The third-order valence-electron chi connectivity index (χ3n) is 5.67. The van der Waals surface area contributed by atoms with Gasteiger partial charge in [0, 0.05) is 18.3 Å². The smallest absolute Gasteiger partial charge is 0.191 e. The van der Waals surface area contributed by atoms with Crippen LogP contribution in [0.25, 0.3) is 28.2 Å². The summed E-state index contributed by atoms with van der Waals surface area (Å²) in [5, 5.41) is 11.9. The molecule has 2 N–H and O–H groups in total. The number of para-hydroxylation sites is 1. The largest absolute Gasteiger partial charge is 0.383 e. The summed E-state index contributed by atoms with van der Waals surface area (Å²) in [6.45, 7) is 3.28. The Balaban J connectivity index is 1.49. The number of tetrazole rings is 1. The molecule has 3 heterocycles. The van der Waals surface area contributed by atoms with Gasteiger partial charge >= 0.3 is 0 Å². The summed E-state index contributed by atoms with van der Waals surface area (Å²) in [6.07, 6.45) is 4.25. The van der Waals surface area contributed by atoms with Gasteiger partial charge in [-0.2, -0.15) is 4.68 Å². The van der Waals surface area contributed by atoms with Gasteiger partial charge in [-0.05, 0) is 65.7 Å². The number of hydrogen-bond donors (Lipinski definition) is 1. The first kappa shape index (κ1) is 20.5. The van der Waals surface area contributed by atoms with Gasteiger partial charge in [0.25, 0.3) is 0 Å². The van der Waals surface area contributed by atoms with Crippen molar-refractivity contribution in [1.82, 2.24) is 30.1 Å². The normalized spacial score (nSPS) is 14.2. The van der Waals surface area contributed by atoms with Gasteiger partial charge in [0.2, 0.25) is 0 Å². The van der Waals surface area contributed by atoms with Crippen molar-refractivity contribution >= 4 is 17.4 Å². The fourth-order valence-corrected chi connectivity index (χ4v) is 4.25. The molecule has 1 saturated heterocycles. The van der Waals surface area contributed by atoms with Gasteiger partial charge < -0.3 is 5.73 Å². The molecule has 2 aromatic heterocycles. The lowest BCUT2D eigenvalue weighted by Gasteiger charge is -2.15. The molecule has 4 aromatic rings. The molecular weight excluding hydrogens is 429 g/mol. The first-order valence-electron chi connectivity index (χ1n) is 10.4. The van der Waals surface area contributed by atoms with Gasteiger partial charge in [-0.25, -0.2) is 9.37 Å². The zero-order chi connectivity index (χ0) is 22.1. The van der Waals surface area contributed by atoms with E-state index in [4.69, 9.17) is 17.3 Å². The van der Waals surface area contributed by atoms with E-state index in [-0.39, 0.29) is 22.4 Å². The molecule has 0 spiro atoms. The summed E-state index contributed by atoms with van der Waals surface area (Å²) >= 11 is 6.22. The van der Waals surface area contributed by atoms with Crippen LogP contribution in [0.4, 0.5) is 10.2 Å². The number of nitrogens with zero attached hydrogens (tertiary/aromatic N) is 6. The molecule has 0 amide bonds. The Hall–Kier alpha value is -3.36. The fraction of sp³-hybridized carbons (Fsp3) is 0.217. The monoisotopic (exact) mass is 449 g/mol. The standard InChI is InChI=1S/C23H21ClFN7/c24-19-4-3-5-20(25)21(19)32-23(28-29-30-32)18-12-17(13-27-22(18)26)16-8-6-15(7-9-16)14-31-10-1-2-11-31/h3-9,12-13H,1-2,10-11,14H2,(H2,26,27). The number of halogens is 2. The number of benzene rings is 2. The van der Waals surface area contributed by atoms with Crippen molar-refractivity contribution in [2.75, 3.05) is 18.8 Å². The van der Waals surface area contributed by atoms with Crippen molar-refractivity contribution in [2.24, 2.45) is 0 Å². The molecule has 1 fully saturated rings. The van der Waals surface area contributed by atoms with Crippen molar-refractivity contribution < 1.29 is 4.39 Å². The van der Waals surface area contributed by atoms with E-state index in [9.17, 15) is 4.39 Å². The molecule has 2 aromatic carbocycles. The molecule has 0 radical (unpaired) electrons. The molecule has 0 unspecified atom stereocenters. The van der Waals surface area contributed by atoms with Gasteiger partial charge in [-0.1, -0.05) is 41.9 Å². The molecule has 0 atom stereocenters. The Morgan fingerprint density at radius 1 is 1.03 bits per heavy atom. The minimum absolute atomic E-state index is 0.0604. The second-order valence-electron chi connectivity index (χ2n) is 7.82. The Morgan fingerprint density at radius 2 is 1.81 bits per heavy atom. The lowest BCUT2D eigenvalue weighted by Crippen LogP contribution is -2.18. The SMILES string of the molecule is Nc1ncc(-c2ccc(CN3CCCC3)cc2)cc1-c1nnnn1-c1c(F)cccc1Cl. The lowest BCUT2D eigenvalue weighted by atomic mass is 10.0. The molecule has 0 bridgehead atoms. The van der Waals surface area contributed by atoms with Gasteiger partial charge in [0.15, 0.2) is 11.6 Å². The van der Waals surface area contributed by atoms with Gasteiger partial charge in [-0.15, -0.1) is 5.10 Å². The summed E-state index contributed by atoms with van der Waals surface area (Å²) in [4.78, 5) is 6.79. The van der Waals surface area contributed by atoms with Crippen LogP contribution in [-0.4, -0.2) is 43.2 Å². The molecular formula is C23H21ClFN7. The number of nitrogen functional groups attached to an aromatic ring is 1. The third-order valence-corrected chi connectivity index (χ3v) is 5.98. The Bertz CT molecular complexity index is 1230. The van der Waals surface area contributed by atoms with Gasteiger partial charge in [-0.3, -0.25) is 4.90 Å². The second kappa shape index (κ2) is 8.64. The average molecular weight is 450 g/mol. The summed E-state index contributed by atoms with van der Waals surface area (Å²) < 4.78 is 15.7. The van der Waals surface area contributed by atoms with Crippen molar-refractivity contribution in [2.45, 2.75) is 19.4 Å². The van der Waals surface area contributed by atoms with E-state index in [1.54, 1.807) is 12.3 Å². The van der Waals surface area contributed by atoms with E-state index in [2.05, 4.69) is 49.7 Å². The van der Waals surface area contributed by atoms with E-state index in [1.165, 1.54) is 35.2 Å². The quantitative estimate of drug-likeness (QED) is 0.487. The molecule has 162 valence electrons. The highest BCUT2D eigenvalue weighted by molar-refractivity contribution is 6.32. The van der Waals surface area contributed by atoms with Crippen molar-refractivity contribution in [3.8, 4) is 28.2 Å². The number of anilines is 1. The zero-order valence-corrected chi connectivity index (χ0v) is 18.0. The summed E-state index contributed by atoms with van der Waals surface area (Å²) in [5.41, 5.74) is 9.82. The summed E-state index contributed by atoms with van der Waals surface area (Å²) in [6, 6.07) is 14.7. The number of nitrogens with two attached hydrogens (primary N) is 1. The van der Waals surface area contributed by atoms with Crippen LogP contribution in [0, 0.1) is 5.82 Å². The van der Waals surface area contributed by atoms with Crippen molar-refractivity contribution in [3.05, 3.63) is 71.1 Å². The highest BCUT2D eigenvalue weighted by Gasteiger charge is 2.20. The van der Waals surface area contributed by atoms with E-state index in [0.29, 0.717) is 5.56 Å². The lowest BCUT2D eigenvalue weighted by molar-refractivity contribution is 0.331. The summed E-state index contributed by atoms with van der Waals surface area (Å²) in [7, 11) is 0. The third kappa shape index (κ3) is 3.94. The minimum atomic E-state index is -0.540. The second-order valence-corrected chi connectivity index (χ2v) is 8.23. The highest BCUT2D eigenvalue weighted by atomic mass is 35.5. The van der Waals surface area contributed by atoms with Crippen LogP contribution >= 0.6 is 11.6 Å². The number of aromatic nitrogens is 5. The maximum atomic E-state index is 14.5. The minimum Gasteiger partial charge on any atom is -0.383 e. The maximum Gasteiger partial charge on any atom is 0.191 e. The van der Waals surface area contributed by atoms with Crippen LogP contribution in [0.5, 0.6) is 0 Å².